The van der Waals surface area contributed by atoms with Crippen molar-refractivity contribution in [3.05, 3.63) is 76.4 Å². The summed E-state index contributed by atoms with van der Waals surface area (Å²) in [5, 5.41) is 0. The van der Waals surface area contributed by atoms with Gasteiger partial charge in [-0.2, -0.15) is 0 Å². The van der Waals surface area contributed by atoms with Gasteiger partial charge in [0, 0.05) is 49.9 Å². The molecule has 0 spiro atoms. The van der Waals surface area contributed by atoms with Gasteiger partial charge in [0.1, 0.15) is 29.4 Å². The Balaban J connectivity index is 1.16. The van der Waals surface area contributed by atoms with E-state index in [0.29, 0.717) is 31.0 Å². The molecule has 0 aliphatic carbocycles. The van der Waals surface area contributed by atoms with Crippen LogP contribution in [0.1, 0.15) is 18.1 Å². The predicted molar refractivity (Wildman–Crippen MR) is 114 cm³/mol. The van der Waals surface area contributed by atoms with Crippen LogP contribution in [0.25, 0.3) is 0 Å². The Morgan fingerprint density at radius 3 is 2.25 bits per heavy atom. The normalized spacial score (nSPS) is 26.7. The van der Waals surface area contributed by atoms with Crippen molar-refractivity contribution in [3.8, 4) is 0 Å². The molecule has 32 heavy (non-hydrogen) atoms. The molecule has 3 atom stereocenters. The highest BCUT2D eigenvalue weighted by Gasteiger charge is 2.39. The first-order valence-corrected chi connectivity index (χ1v) is 11.3. The lowest BCUT2D eigenvalue weighted by Crippen LogP contribution is -2.49. The molecule has 1 saturated heterocycles. The van der Waals surface area contributed by atoms with E-state index in [0.717, 1.165) is 37.4 Å². The Hall–Kier alpha value is -1.91. The summed E-state index contributed by atoms with van der Waals surface area (Å²) in [4.78, 5) is 2.72. The van der Waals surface area contributed by atoms with Crippen LogP contribution in [-0.2, 0) is 4.74 Å². The summed E-state index contributed by atoms with van der Waals surface area (Å²) in [7, 11) is 0. The molecule has 0 amide bonds. The largest absolute Gasteiger partial charge is 0.370 e. The van der Waals surface area contributed by atoms with Gasteiger partial charge in [0.15, 0.2) is 0 Å². The van der Waals surface area contributed by atoms with Gasteiger partial charge in [0.25, 0.3) is 0 Å². The molecule has 3 aliphatic rings. The second kappa shape index (κ2) is 8.79. The Labute approximate surface area is 188 Å². The minimum atomic E-state index is -0.665. The molecular weight excluding hydrogens is 442 g/mol. The molecule has 0 saturated carbocycles. The van der Waals surface area contributed by atoms with Crippen molar-refractivity contribution in [2.75, 3.05) is 32.8 Å². The first kappa shape index (κ1) is 21.9. The molecule has 0 aromatic heterocycles. The Bertz CT molecular complexity index is 1050. The summed E-state index contributed by atoms with van der Waals surface area (Å²) in [5.74, 6) is -2.16. The van der Waals surface area contributed by atoms with Crippen molar-refractivity contribution in [2.45, 2.75) is 29.5 Å². The van der Waals surface area contributed by atoms with Crippen LogP contribution >= 0.6 is 11.9 Å². The molecule has 3 heterocycles. The van der Waals surface area contributed by atoms with E-state index in [9.17, 15) is 17.6 Å². The third-order valence-electron chi connectivity index (χ3n) is 6.33. The minimum absolute atomic E-state index is 0.0964. The lowest BCUT2D eigenvalue weighted by atomic mass is 9.93. The monoisotopic (exact) mass is 465 g/mol. The highest BCUT2D eigenvalue weighted by atomic mass is 32.2. The zero-order valence-corrected chi connectivity index (χ0v) is 18.1. The average Bonchev–Trinajstić information content (AvgIpc) is 3.31. The average molecular weight is 466 g/mol. The molecule has 5 rings (SSSR count). The summed E-state index contributed by atoms with van der Waals surface area (Å²) >= 11 is 1.30. The van der Waals surface area contributed by atoms with E-state index in [1.54, 1.807) is 0 Å². The predicted octanol–water partition coefficient (Wildman–Crippen LogP) is 4.04. The van der Waals surface area contributed by atoms with Crippen molar-refractivity contribution >= 4 is 11.9 Å². The topological polar surface area (TPSA) is 41.7 Å². The molecule has 9 heteroatoms. The Morgan fingerprint density at radius 2 is 1.56 bits per heavy atom. The van der Waals surface area contributed by atoms with E-state index in [1.165, 1.54) is 35.2 Å². The van der Waals surface area contributed by atoms with Gasteiger partial charge in [-0.3, -0.25) is 4.90 Å². The summed E-state index contributed by atoms with van der Waals surface area (Å²) in [5.41, 5.74) is 9.07. The molecule has 3 aliphatic heterocycles. The zero-order chi connectivity index (χ0) is 22.4. The maximum Gasteiger partial charge on any atom is 0.140 e. The van der Waals surface area contributed by atoms with Gasteiger partial charge in [-0.1, -0.05) is 0 Å². The smallest absolute Gasteiger partial charge is 0.140 e. The number of nitrogens with zero attached hydrogens (tertiary/aromatic N) is 2. The van der Waals surface area contributed by atoms with Crippen LogP contribution in [0.2, 0.25) is 0 Å². The second-order valence-electron chi connectivity index (χ2n) is 8.55. The van der Waals surface area contributed by atoms with E-state index >= 15 is 0 Å². The standard InChI is InChI=1S/C23H23F4N3OS/c24-15-1-3-19(26)18(5-15)23-21(28)7-17(12-31-23)29-8-13-10-30(11-14(13)9-29)32-22-4-2-16(25)6-20(22)27/h1-6,17,21,23H,7-12,28H2/t17?,21?,23-/m1/s1. The van der Waals surface area contributed by atoms with Crippen molar-refractivity contribution in [1.29, 1.82) is 0 Å². The molecular formula is C23H23F4N3OS. The van der Waals surface area contributed by atoms with Gasteiger partial charge >= 0.3 is 0 Å². The first-order chi connectivity index (χ1) is 15.4. The SMILES string of the molecule is NC1CC(N2CC3=C(CN(Sc4ccc(F)cc4F)C3)C2)CO[C@@H]1c1cc(F)ccc1F. The lowest BCUT2D eigenvalue weighted by Gasteiger charge is -2.39. The molecule has 2 N–H and O–H groups in total. The Morgan fingerprint density at radius 1 is 0.875 bits per heavy atom. The van der Waals surface area contributed by atoms with E-state index in [1.807, 2.05) is 0 Å². The van der Waals surface area contributed by atoms with Crippen LogP contribution in [-0.4, -0.2) is 54.1 Å². The number of benzene rings is 2. The van der Waals surface area contributed by atoms with Crippen LogP contribution < -0.4 is 5.73 Å². The molecule has 1 fully saturated rings. The number of nitrogens with two attached hydrogens (primary N) is 1. The van der Waals surface area contributed by atoms with Gasteiger partial charge in [-0.15, -0.1) is 0 Å². The van der Waals surface area contributed by atoms with Crippen LogP contribution in [0.3, 0.4) is 0 Å². The third kappa shape index (κ3) is 4.32. The minimum Gasteiger partial charge on any atom is -0.370 e. The van der Waals surface area contributed by atoms with E-state index in [4.69, 9.17) is 10.5 Å². The Kier molecular flexibility index (Phi) is 6.02. The van der Waals surface area contributed by atoms with Crippen molar-refractivity contribution in [2.24, 2.45) is 5.73 Å². The summed E-state index contributed by atoms with van der Waals surface area (Å²) in [6.07, 6.45) is -0.0395. The van der Waals surface area contributed by atoms with Crippen LogP contribution in [0.15, 0.2) is 52.4 Å². The molecule has 2 aromatic rings. The third-order valence-corrected chi connectivity index (χ3v) is 7.37. The van der Waals surface area contributed by atoms with Gasteiger partial charge in [0.2, 0.25) is 0 Å². The number of hydrogen-bond acceptors (Lipinski definition) is 5. The number of hydrogen-bond donors (Lipinski definition) is 1. The molecule has 4 nitrogen and oxygen atoms in total. The van der Waals surface area contributed by atoms with E-state index in [2.05, 4.69) is 9.21 Å². The summed E-state index contributed by atoms with van der Waals surface area (Å²) < 4.78 is 62.8. The summed E-state index contributed by atoms with van der Waals surface area (Å²) in [6, 6.07) is 6.62. The van der Waals surface area contributed by atoms with Crippen LogP contribution in [0, 0.1) is 23.3 Å². The van der Waals surface area contributed by atoms with E-state index in [-0.39, 0.29) is 11.6 Å². The van der Waals surface area contributed by atoms with Crippen LogP contribution in [0.5, 0.6) is 0 Å². The van der Waals surface area contributed by atoms with E-state index < -0.39 is 35.4 Å². The summed E-state index contributed by atoms with van der Waals surface area (Å²) in [6.45, 7) is 3.37. The molecule has 0 radical (unpaired) electrons. The first-order valence-electron chi connectivity index (χ1n) is 10.5. The van der Waals surface area contributed by atoms with Crippen molar-refractivity contribution in [3.63, 3.8) is 0 Å². The fourth-order valence-electron chi connectivity index (χ4n) is 4.74. The molecule has 0 bridgehead atoms. The lowest BCUT2D eigenvalue weighted by molar-refractivity contribution is -0.0467. The van der Waals surface area contributed by atoms with Crippen molar-refractivity contribution in [1.82, 2.24) is 9.21 Å². The highest BCUT2D eigenvalue weighted by molar-refractivity contribution is 7.97. The maximum atomic E-state index is 14.2. The number of rotatable bonds is 4. The second-order valence-corrected chi connectivity index (χ2v) is 9.69. The fraction of sp³-hybridized carbons (Fsp3) is 0.391. The number of halogens is 4. The van der Waals surface area contributed by atoms with Gasteiger partial charge in [-0.05, 0) is 59.8 Å². The van der Waals surface area contributed by atoms with Crippen LogP contribution in [0.4, 0.5) is 17.6 Å². The quantitative estimate of drug-likeness (QED) is 0.420. The zero-order valence-electron chi connectivity index (χ0n) is 17.2. The highest BCUT2D eigenvalue weighted by Crippen LogP contribution is 2.37. The van der Waals surface area contributed by atoms with Crippen molar-refractivity contribution < 1.29 is 22.3 Å². The number of ether oxygens (including phenoxy) is 1. The maximum absolute atomic E-state index is 14.2. The fourth-order valence-corrected chi connectivity index (χ4v) is 5.73. The molecule has 2 unspecified atom stereocenters. The van der Waals surface area contributed by atoms with Gasteiger partial charge < -0.3 is 10.5 Å². The molecule has 170 valence electrons. The van der Waals surface area contributed by atoms with Gasteiger partial charge in [-0.25, -0.2) is 21.9 Å². The molecule has 2 aromatic carbocycles. The van der Waals surface area contributed by atoms with Gasteiger partial charge in [0.05, 0.1) is 11.5 Å².